The van der Waals surface area contributed by atoms with Crippen LogP contribution in [0.25, 0.3) is 22.3 Å². The van der Waals surface area contributed by atoms with Crippen LogP contribution in [0.2, 0.25) is 10.0 Å². The Hall–Kier alpha value is -2.52. The van der Waals surface area contributed by atoms with E-state index in [-0.39, 0.29) is 0 Å². The number of hydrogen-bond acceptors (Lipinski definition) is 4. The van der Waals surface area contributed by atoms with Gasteiger partial charge in [-0.2, -0.15) is 18.3 Å². The third-order valence-corrected chi connectivity index (χ3v) is 7.07. The third kappa shape index (κ3) is 5.21. The van der Waals surface area contributed by atoms with Gasteiger partial charge >= 0.3 is 12.1 Å². The fraction of sp³-hybridized carbons (Fsp3) is 0.458. The smallest absolute Gasteiger partial charge is 0.475 e. The molecule has 1 aliphatic heterocycles. The largest absolute Gasteiger partial charge is 0.490 e. The summed E-state index contributed by atoms with van der Waals surface area (Å²) in [5, 5.41) is 13.3. The summed E-state index contributed by atoms with van der Waals surface area (Å²) in [5.41, 5.74) is 6.10. The molecule has 6 nitrogen and oxygen atoms in total. The van der Waals surface area contributed by atoms with Gasteiger partial charge in [-0.1, -0.05) is 36.5 Å². The Morgan fingerprint density at radius 2 is 1.91 bits per heavy atom. The summed E-state index contributed by atoms with van der Waals surface area (Å²) in [4.78, 5) is 16.4. The van der Waals surface area contributed by atoms with Crippen LogP contribution < -0.4 is 4.90 Å². The van der Waals surface area contributed by atoms with Crippen molar-refractivity contribution >= 4 is 45.9 Å². The lowest BCUT2D eigenvalue weighted by molar-refractivity contribution is -0.192. The van der Waals surface area contributed by atoms with Crippen LogP contribution in [0.3, 0.4) is 0 Å². The number of anilines is 1. The highest BCUT2D eigenvalue weighted by atomic mass is 35.5. The number of hydrogen-bond donors (Lipinski definition) is 1. The molecule has 0 unspecified atom stereocenters. The van der Waals surface area contributed by atoms with Gasteiger partial charge in [0.05, 0.1) is 17.3 Å². The second-order valence-corrected chi connectivity index (χ2v) is 9.79. The van der Waals surface area contributed by atoms with Crippen LogP contribution in [0.5, 0.6) is 0 Å². The van der Waals surface area contributed by atoms with Gasteiger partial charge in [0, 0.05) is 28.9 Å². The molecule has 0 saturated heterocycles. The number of carboxylic acids is 1. The SMILES string of the molecule is CC[C@H]1Cn2nc(-c3ccc(Cl)cc3Cl)c3nc(C)cc(c32)N1CC1CCC1.O=C(O)C(F)(F)F. The van der Waals surface area contributed by atoms with Gasteiger partial charge in [-0.25, -0.2) is 9.78 Å². The van der Waals surface area contributed by atoms with Gasteiger partial charge < -0.3 is 10.0 Å². The van der Waals surface area contributed by atoms with E-state index in [1.807, 2.05) is 12.1 Å². The number of rotatable bonds is 4. The molecule has 1 aromatic carbocycles. The fourth-order valence-corrected chi connectivity index (χ4v) is 5.04. The number of benzene rings is 1. The van der Waals surface area contributed by atoms with E-state index in [2.05, 4.69) is 29.5 Å². The number of halogens is 5. The molecule has 3 heterocycles. The van der Waals surface area contributed by atoms with Gasteiger partial charge in [0.15, 0.2) is 0 Å². The van der Waals surface area contributed by atoms with E-state index in [0.29, 0.717) is 16.1 Å². The molecule has 0 bridgehead atoms. The molecule has 11 heteroatoms. The monoisotopic (exact) mass is 528 g/mol. The standard InChI is InChI=1S/C22H24Cl2N4.C2HF3O2/c1-3-16-12-28-22-19(27(16)11-14-5-4-6-14)9-13(2)25-21(22)20(26-28)17-8-7-15(23)10-18(17)24;3-2(4,5)1(6)7/h7-10,14,16H,3-6,11-12H2,1-2H3;(H,6,7)/t16-;/m0./s1. The second-order valence-electron chi connectivity index (χ2n) is 8.95. The lowest BCUT2D eigenvalue weighted by Crippen LogP contribution is -2.45. The maximum atomic E-state index is 10.6. The van der Waals surface area contributed by atoms with Gasteiger partial charge in [-0.3, -0.25) is 4.68 Å². The van der Waals surface area contributed by atoms with Crippen molar-refractivity contribution < 1.29 is 23.1 Å². The predicted molar refractivity (Wildman–Crippen MR) is 130 cm³/mol. The number of nitrogens with zero attached hydrogens (tertiary/aromatic N) is 4. The van der Waals surface area contributed by atoms with Crippen molar-refractivity contribution in [3.8, 4) is 11.3 Å². The van der Waals surface area contributed by atoms with Crippen LogP contribution >= 0.6 is 23.2 Å². The number of aliphatic carboxylic acids is 1. The highest BCUT2D eigenvalue weighted by Crippen LogP contribution is 2.41. The Kier molecular flexibility index (Phi) is 7.20. The molecule has 0 spiro atoms. The zero-order chi connectivity index (χ0) is 25.5. The van der Waals surface area contributed by atoms with Crippen LogP contribution in [-0.4, -0.2) is 44.6 Å². The average molecular weight is 529 g/mol. The van der Waals surface area contributed by atoms with Gasteiger partial charge in [-0.05, 0) is 56.4 Å². The Bertz CT molecular complexity index is 1260. The van der Waals surface area contributed by atoms with Crippen molar-refractivity contribution in [3.05, 3.63) is 40.0 Å². The van der Waals surface area contributed by atoms with Crippen LogP contribution in [0, 0.1) is 12.8 Å². The molecule has 1 atom stereocenters. The first-order valence-electron chi connectivity index (χ1n) is 11.4. The summed E-state index contributed by atoms with van der Waals surface area (Å²) >= 11 is 12.6. The number of aryl methyl sites for hydroxylation is 1. The van der Waals surface area contributed by atoms with Crippen LogP contribution in [0.15, 0.2) is 24.3 Å². The van der Waals surface area contributed by atoms with E-state index >= 15 is 0 Å². The summed E-state index contributed by atoms with van der Waals surface area (Å²) in [6, 6.07) is 8.28. The fourth-order valence-electron chi connectivity index (χ4n) is 4.55. The molecular formula is C24H25Cl2F3N4O2. The van der Waals surface area contributed by atoms with Crippen molar-refractivity contribution in [3.63, 3.8) is 0 Å². The first kappa shape index (κ1) is 25.6. The van der Waals surface area contributed by atoms with E-state index in [1.54, 1.807) is 6.07 Å². The van der Waals surface area contributed by atoms with Crippen LogP contribution in [0.1, 0.15) is 38.3 Å². The molecular weight excluding hydrogens is 504 g/mol. The molecule has 188 valence electrons. The minimum Gasteiger partial charge on any atom is -0.475 e. The van der Waals surface area contributed by atoms with E-state index in [4.69, 9.17) is 43.2 Å². The number of alkyl halides is 3. The molecule has 1 aliphatic carbocycles. The lowest BCUT2D eigenvalue weighted by Gasteiger charge is -2.41. The first-order chi connectivity index (χ1) is 16.5. The molecule has 0 amide bonds. The molecule has 1 saturated carbocycles. The summed E-state index contributed by atoms with van der Waals surface area (Å²) in [7, 11) is 0. The summed E-state index contributed by atoms with van der Waals surface area (Å²) in [6.45, 7) is 6.37. The van der Waals surface area contributed by atoms with Crippen molar-refractivity contribution in [2.75, 3.05) is 11.4 Å². The van der Waals surface area contributed by atoms with Gasteiger partial charge in [0.2, 0.25) is 0 Å². The topological polar surface area (TPSA) is 71.2 Å². The van der Waals surface area contributed by atoms with E-state index in [1.165, 1.54) is 24.9 Å². The zero-order valence-electron chi connectivity index (χ0n) is 19.2. The maximum Gasteiger partial charge on any atom is 0.490 e. The normalized spacial score (nSPS) is 17.7. The summed E-state index contributed by atoms with van der Waals surface area (Å²) in [5.74, 6) is -1.94. The Morgan fingerprint density at radius 3 is 2.46 bits per heavy atom. The van der Waals surface area contributed by atoms with E-state index < -0.39 is 12.1 Å². The highest BCUT2D eigenvalue weighted by Gasteiger charge is 2.38. The highest BCUT2D eigenvalue weighted by molar-refractivity contribution is 6.36. The second kappa shape index (κ2) is 9.85. The van der Waals surface area contributed by atoms with Gasteiger partial charge in [-0.15, -0.1) is 0 Å². The zero-order valence-corrected chi connectivity index (χ0v) is 20.8. The number of pyridine rings is 1. The summed E-state index contributed by atoms with van der Waals surface area (Å²) in [6.07, 6.45) is 0.0965. The van der Waals surface area contributed by atoms with Crippen LogP contribution in [0.4, 0.5) is 18.9 Å². The van der Waals surface area contributed by atoms with E-state index in [9.17, 15) is 13.2 Å². The van der Waals surface area contributed by atoms with Crippen molar-refractivity contribution in [2.24, 2.45) is 5.92 Å². The van der Waals surface area contributed by atoms with Gasteiger partial charge in [0.1, 0.15) is 16.7 Å². The quantitative estimate of drug-likeness (QED) is 0.405. The number of carbonyl (C=O) groups is 1. The van der Waals surface area contributed by atoms with Crippen molar-refractivity contribution in [2.45, 2.75) is 58.3 Å². The molecule has 2 aliphatic rings. The average Bonchev–Trinajstić information content (AvgIpc) is 3.09. The molecule has 1 fully saturated rings. The molecule has 0 radical (unpaired) electrons. The number of carboxylic acid groups (broad SMARTS) is 1. The Morgan fingerprint density at radius 1 is 1.23 bits per heavy atom. The minimum atomic E-state index is -5.08. The van der Waals surface area contributed by atoms with E-state index in [0.717, 1.165) is 53.4 Å². The number of aromatic nitrogens is 3. The molecule has 35 heavy (non-hydrogen) atoms. The third-order valence-electron chi connectivity index (χ3n) is 6.52. The van der Waals surface area contributed by atoms with Gasteiger partial charge in [0.25, 0.3) is 0 Å². The molecule has 2 aromatic heterocycles. The predicted octanol–water partition coefficient (Wildman–Crippen LogP) is 6.75. The molecule has 3 aromatic rings. The first-order valence-corrected chi connectivity index (χ1v) is 12.2. The van der Waals surface area contributed by atoms with Crippen LogP contribution in [-0.2, 0) is 11.3 Å². The molecule has 1 N–H and O–H groups in total. The lowest BCUT2D eigenvalue weighted by atomic mass is 9.84. The summed E-state index contributed by atoms with van der Waals surface area (Å²) < 4.78 is 33.9. The Labute approximate surface area is 210 Å². The minimum absolute atomic E-state index is 0.464. The maximum absolute atomic E-state index is 10.6. The Balaban J connectivity index is 0.000000364. The molecule has 5 rings (SSSR count). The van der Waals surface area contributed by atoms with Crippen molar-refractivity contribution in [1.82, 2.24) is 14.8 Å². The van der Waals surface area contributed by atoms with Crippen molar-refractivity contribution in [1.29, 1.82) is 0 Å².